The van der Waals surface area contributed by atoms with E-state index in [2.05, 4.69) is 25.6 Å². The lowest BCUT2D eigenvalue weighted by Crippen LogP contribution is -2.25. The summed E-state index contributed by atoms with van der Waals surface area (Å²) in [5.41, 5.74) is 4.23. The van der Waals surface area contributed by atoms with Gasteiger partial charge in [0.05, 0.1) is 31.3 Å². The molecule has 0 radical (unpaired) electrons. The van der Waals surface area contributed by atoms with E-state index in [4.69, 9.17) is 9.47 Å². The Morgan fingerprint density at radius 1 is 1.15 bits per heavy atom. The van der Waals surface area contributed by atoms with E-state index in [1.54, 1.807) is 18.0 Å². The van der Waals surface area contributed by atoms with Crippen LogP contribution in [-0.4, -0.2) is 44.6 Å². The first-order valence-corrected chi connectivity index (χ1v) is 11.0. The summed E-state index contributed by atoms with van der Waals surface area (Å²) >= 11 is 0. The van der Waals surface area contributed by atoms with Gasteiger partial charge in [-0.05, 0) is 55.8 Å². The molecule has 0 aliphatic carbocycles. The van der Waals surface area contributed by atoms with Gasteiger partial charge in [0.25, 0.3) is 5.95 Å². The van der Waals surface area contributed by atoms with Gasteiger partial charge in [0.15, 0.2) is 0 Å². The van der Waals surface area contributed by atoms with Crippen molar-refractivity contribution in [3.8, 4) is 28.7 Å². The smallest absolute Gasteiger partial charge is 0.272 e. The maximum atomic E-state index is 12.7. The number of fused-ring (bicyclic) bond motifs is 1. The van der Waals surface area contributed by atoms with Gasteiger partial charge in [-0.1, -0.05) is 12.1 Å². The highest BCUT2D eigenvalue weighted by molar-refractivity contribution is 5.95. The van der Waals surface area contributed by atoms with Crippen molar-refractivity contribution in [2.75, 3.05) is 19.0 Å². The average molecular weight is 457 g/mol. The normalized spacial score (nSPS) is 14.9. The van der Waals surface area contributed by atoms with Gasteiger partial charge in [0.2, 0.25) is 5.91 Å². The lowest BCUT2D eigenvalue weighted by molar-refractivity contribution is -0.116. The Morgan fingerprint density at radius 2 is 1.97 bits per heavy atom. The minimum atomic E-state index is -0.157. The van der Waals surface area contributed by atoms with Crippen LogP contribution in [0, 0.1) is 6.92 Å². The highest BCUT2D eigenvalue weighted by atomic mass is 16.5. The van der Waals surface area contributed by atoms with E-state index in [1.165, 1.54) is 0 Å². The number of carbonyl (C=O) groups excluding carboxylic acids is 1. The lowest BCUT2D eigenvalue weighted by Gasteiger charge is -2.24. The zero-order valence-electron chi connectivity index (χ0n) is 19.1. The first kappa shape index (κ1) is 21.6. The van der Waals surface area contributed by atoms with Crippen LogP contribution >= 0.6 is 0 Å². The number of nitrogens with zero attached hydrogens (tertiary/aromatic N) is 5. The van der Waals surface area contributed by atoms with Crippen molar-refractivity contribution in [1.82, 2.24) is 25.0 Å². The average Bonchev–Trinajstić information content (AvgIpc) is 3.20. The van der Waals surface area contributed by atoms with Gasteiger partial charge in [-0.2, -0.15) is 14.9 Å². The fourth-order valence-corrected chi connectivity index (χ4v) is 4.25. The summed E-state index contributed by atoms with van der Waals surface area (Å²) in [5, 5.41) is 16.0. The molecule has 2 aromatic heterocycles. The second-order valence-corrected chi connectivity index (χ2v) is 7.94. The summed E-state index contributed by atoms with van der Waals surface area (Å²) < 4.78 is 12.5. The van der Waals surface area contributed by atoms with Gasteiger partial charge in [-0.15, -0.1) is 5.10 Å². The number of rotatable bonds is 6. The van der Waals surface area contributed by atoms with Crippen LogP contribution in [0.3, 0.4) is 0 Å². The minimum Gasteiger partial charge on any atom is -0.497 e. The molecule has 5 rings (SSSR count). The SMILES string of the molecule is CCOc1cccc([C@@H]2CC(=O)Nc3c2c(C)nn3-c2nncc(-c3ccc(OC)cc3)n2)c1. The van der Waals surface area contributed by atoms with Crippen molar-refractivity contribution < 1.29 is 14.3 Å². The van der Waals surface area contributed by atoms with Crippen LogP contribution in [0.25, 0.3) is 17.2 Å². The first-order valence-electron chi connectivity index (χ1n) is 11.0. The maximum absolute atomic E-state index is 12.7. The number of carbonyl (C=O) groups is 1. The maximum Gasteiger partial charge on any atom is 0.272 e. The van der Waals surface area contributed by atoms with Gasteiger partial charge in [0, 0.05) is 23.5 Å². The van der Waals surface area contributed by atoms with E-state index in [1.807, 2.05) is 62.4 Å². The van der Waals surface area contributed by atoms with E-state index in [0.717, 1.165) is 33.9 Å². The number of hydrogen-bond donors (Lipinski definition) is 1. The van der Waals surface area contributed by atoms with Crippen molar-refractivity contribution in [1.29, 1.82) is 0 Å². The van der Waals surface area contributed by atoms with E-state index in [0.29, 0.717) is 24.5 Å². The zero-order valence-corrected chi connectivity index (χ0v) is 19.1. The second-order valence-electron chi connectivity index (χ2n) is 7.94. The van der Waals surface area contributed by atoms with E-state index >= 15 is 0 Å². The Hall–Kier alpha value is -4.27. The molecule has 0 saturated carbocycles. The molecule has 1 amide bonds. The largest absolute Gasteiger partial charge is 0.497 e. The molecular formula is C25H24N6O3. The van der Waals surface area contributed by atoms with Crippen LogP contribution < -0.4 is 14.8 Å². The van der Waals surface area contributed by atoms with Crippen molar-refractivity contribution >= 4 is 11.7 Å². The predicted octanol–water partition coefficient (Wildman–Crippen LogP) is 3.91. The molecule has 4 aromatic rings. The van der Waals surface area contributed by atoms with Crippen LogP contribution in [0.2, 0.25) is 0 Å². The number of aryl methyl sites for hydroxylation is 1. The van der Waals surface area contributed by atoms with Crippen LogP contribution in [0.5, 0.6) is 11.5 Å². The third kappa shape index (κ3) is 3.96. The van der Waals surface area contributed by atoms with Crippen LogP contribution in [0.4, 0.5) is 5.82 Å². The molecule has 9 nitrogen and oxygen atoms in total. The molecule has 0 spiro atoms. The van der Waals surface area contributed by atoms with Crippen molar-refractivity contribution in [2.24, 2.45) is 0 Å². The van der Waals surface area contributed by atoms with Crippen molar-refractivity contribution in [3.05, 3.63) is 71.5 Å². The molecule has 2 aromatic carbocycles. The molecule has 9 heteroatoms. The molecule has 0 fully saturated rings. The van der Waals surface area contributed by atoms with Crippen molar-refractivity contribution in [3.63, 3.8) is 0 Å². The quantitative estimate of drug-likeness (QED) is 0.469. The molecule has 3 heterocycles. The molecule has 0 saturated heterocycles. The number of methoxy groups -OCH3 is 1. The second kappa shape index (κ2) is 8.93. The standard InChI is InChI=1S/C25H24N6O3/c1-4-34-19-7-5-6-17(12-19)20-13-22(32)28-24-23(20)15(2)30-31(24)25-27-21(14-26-29-25)16-8-10-18(33-3)11-9-16/h5-12,14,20H,4,13H2,1-3H3,(H,28,32)/t20-/m0/s1. The summed E-state index contributed by atoms with van der Waals surface area (Å²) in [6.45, 7) is 4.44. The zero-order chi connectivity index (χ0) is 23.7. The number of nitrogens with one attached hydrogen (secondary N) is 1. The van der Waals surface area contributed by atoms with Crippen LogP contribution in [0.15, 0.2) is 54.7 Å². The summed E-state index contributed by atoms with van der Waals surface area (Å²) in [4.78, 5) is 17.4. The summed E-state index contributed by atoms with van der Waals surface area (Å²) in [6.07, 6.45) is 1.91. The number of benzene rings is 2. The Bertz CT molecular complexity index is 1350. The molecule has 0 bridgehead atoms. The number of anilines is 1. The van der Waals surface area contributed by atoms with Gasteiger partial charge in [-0.3, -0.25) is 4.79 Å². The molecule has 34 heavy (non-hydrogen) atoms. The van der Waals surface area contributed by atoms with Crippen LogP contribution in [-0.2, 0) is 4.79 Å². The molecule has 172 valence electrons. The number of aromatic nitrogens is 5. The summed E-state index contributed by atoms with van der Waals surface area (Å²) in [7, 11) is 1.62. The van der Waals surface area contributed by atoms with E-state index < -0.39 is 0 Å². The Kier molecular flexibility index (Phi) is 5.67. The number of hydrogen-bond acceptors (Lipinski definition) is 7. The van der Waals surface area contributed by atoms with Gasteiger partial charge < -0.3 is 14.8 Å². The Labute approximate surface area is 196 Å². The minimum absolute atomic E-state index is 0.0975. The van der Waals surface area contributed by atoms with Gasteiger partial charge in [-0.25, -0.2) is 4.98 Å². The number of ether oxygens (including phenoxy) is 2. The summed E-state index contributed by atoms with van der Waals surface area (Å²) in [6, 6.07) is 15.4. The monoisotopic (exact) mass is 456 g/mol. The molecule has 0 unspecified atom stereocenters. The lowest BCUT2D eigenvalue weighted by atomic mass is 9.86. The Morgan fingerprint density at radius 3 is 2.74 bits per heavy atom. The third-order valence-electron chi connectivity index (χ3n) is 5.80. The molecule has 1 atom stereocenters. The highest BCUT2D eigenvalue weighted by Gasteiger charge is 2.33. The van der Waals surface area contributed by atoms with Gasteiger partial charge >= 0.3 is 0 Å². The molecule has 1 N–H and O–H groups in total. The fourth-order valence-electron chi connectivity index (χ4n) is 4.25. The van der Waals surface area contributed by atoms with E-state index in [-0.39, 0.29) is 17.8 Å². The third-order valence-corrected chi connectivity index (χ3v) is 5.80. The van der Waals surface area contributed by atoms with Crippen LogP contribution in [0.1, 0.15) is 36.1 Å². The van der Waals surface area contributed by atoms with Crippen molar-refractivity contribution in [2.45, 2.75) is 26.2 Å². The molecular weight excluding hydrogens is 432 g/mol. The molecule has 1 aliphatic rings. The fraction of sp³-hybridized carbons (Fsp3) is 0.240. The van der Waals surface area contributed by atoms with E-state index in [9.17, 15) is 4.79 Å². The summed E-state index contributed by atoms with van der Waals surface area (Å²) in [5.74, 6) is 2.12. The topological polar surface area (TPSA) is 104 Å². The predicted molar refractivity (Wildman–Crippen MR) is 126 cm³/mol. The number of amides is 1. The van der Waals surface area contributed by atoms with Gasteiger partial charge in [0.1, 0.15) is 17.3 Å². The Balaban J connectivity index is 1.56. The first-order chi connectivity index (χ1) is 16.6. The molecule has 1 aliphatic heterocycles. The highest BCUT2D eigenvalue weighted by Crippen LogP contribution is 2.40.